The first-order chi connectivity index (χ1) is 16.5. The van der Waals surface area contributed by atoms with Crippen LogP contribution in [0.3, 0.4) is 0 Å². The zero-order valence-corrected chi connectivity index (χ0v) is 21.0. The van der Waals surface area contributed by atoms with Crippen molar-refractivity contribution in [1.82, 2.24) is 20.1 Å². The molecule has 0 aliphatic heterocycles. The van der Waals surface area contributed by atoms with E-state index >= 15 is 0 Å². The van der Waals surface area contributed by atoms with Crippen molar-refractivity contribution in [3.63, 3.8) is 0 Å². The quantitative estimate of drug-likeness (QED) is 0.263. The number of nitrogens with one attached hydrogen (secondary N) is 1. The first-order valence-electron chi connectivity index (χ1n) is 10.9. The maximum atomic E-state index is 12.5. The highest BCUT2D eigenvalue weighted by Crippen LogP contribution is 2.31. The monoisotopic (exact) mass is 510 g/mol. The first kappa shape index (κ1) is 24.3. The van der Waals surface area contributed by atoms with E-state index in [0.717, 1.165) is 11.3 Å². The lowest BCUT2D eigenvalue weighted by Crippen LogP contribution is -2.25. The zero-order chi connectivity index (χ0) is 23.9. The molecule has 0 bridgehead atoms. The largest absolute Gasteiger partial charge is 0.349 e. The predicted molar refractivity (Wildman–Crippen MR) is 139 cm³/mol. The molecule has 4 rings (SSSR count). The van der Waals surface area contributed by atoms with Crippen LogP contribution in [0, 0.1) is 6.92 Å². The second-order valence-corrected chi connectivity index (χ2v) is 9.66. The second-order valence-electron chi connectivity index (χ2n) is 7.87. The predicted octanol–water partition coefficient (Wildman–Crippen LogP) is 6.42. The average Bonchev–Trinajstić information content (AvgIpc) is 3.25. The molecule has 0 unspecified atom stereocenters. The van der Waals surface area contributed by atoms with Crippen molar-refractivity contribution in [1.29, 1.82) is 0 Å². The molecule has 1 amide bonds. The summed E-state index contributed by atoms with van der Waals surface area (Å²) >= 11 is 14.3. The van der Waals surface area contributed by atoms with Crippen molar-refractivity contribution in [3.8, 4) is 5.69 Å². The van der Waals surface area contributed by atoms with E-state index in [4.69, 9.17) is 23.2 Å². The zero-order valence-electron chi connectivity index (χ0n) is 18.7. The maximum absolute atomic E-state index is 12.5. The van der Waals surface area contributed by atoms with E-state index in [9.17, 15) is 4.79 Å². The standard InChI is InChI=1S/C26H24Cl2N4OS/c1-18-6-5-9-20(14-18)17-34-26-31-30-24(32(26)23-15-21(27)11-12-22(23)28)16-29-25(33)13-10-19-7-3-2-4-8-19/h2-9,11-12,14-15H,10,13,16-17H2,1H3,(H,29,33). The molecule has 8 heteroatoms. The van der Waals surface area contributed by atoms with Crippen LogP contribution in [0.15, 0.2) is 78.0 Å². The molecule has 3 aromatic carbocycles. The Morgan fingerprint density at radius 3 is 2.56 bits per heavy atom. The number of benzene rings is 3. The van der Waals surface area contributed by atoms with Crippen LogP contribution in [-0.4, -0.2) is 20.7 Å². The van der Waals surface area contributed by atoms with Crippen LogP contribution in [0.1, 0.15) is 28.9 Å². The van der Waals surface area contributed by atoms with E-state index in [1.165, 1.54) is 11.1 Å². The number of aromatic nitrogens is 3. The summed E-state index contributed by atoms with van der Waals surface area (Å²) in [7, 11) is 0. The topological polar surface area (TPSA) is 59.8 Å². The minimum absolute atomic E-state index is 0.0513. The van der Waals surface area contributed by atoms with Gasteiger partial charge in [0.2, 0.25) is 5.91 Å². The number of carbonyl (C=O) groups is 1. The average molecular weight is 511 g/mol. The van der Waals surface area contributed by atoms with Crippen molar-refractivity contribution in [2.24, 2.45) is 0 Å². The number of aryl methyl sites for hydroxylation is 2. The van der Waals surface area contributed by atoms with Crippen LogP contribution in [0.5, 0.6) is 0 Å². The van der Waals surface area contributed by atoms with Crippen LogP contribution in [0.4, 0.5) is 0 Å². The Labute approximate surface area is 213 Å². The van der Waals surface area contributed by atoms with Gasteiger partial charge in [0.1, 0.15) is 0 Å². The number of thioether (sulfide) groups is 1. The summed E-state index contributed by atoms with van der Waals surface area (Å²) in [6.45, 7) is 2.30. The Hall–Kier alpha value is -2.80. The maximum Gasteiger partial charge on any atom is 0.220 e. The molecular weight excluding hydrogens is 487 g/mol. The molecule has 1 N–H and O–H groups in total. The van der Waals surface area contributed by atoms with Crippen LogP contribution in [0.25, 0.3) is 5.69 Å². The van der Waals surface area contributed by atoms with Gasteiger partial charge in [-0.2, -0.15) is 0 Å². The van der Waals surface area contributed by atoms with Gasteiger partial charge in [-0.3, -0.25) is 9.36 Å². The summed E-state index contributed by atoms with van der Waals surface area (Å²) in [4.78, 5) is 12.5. The van der Waals surface area contributed by atoms with Gasteiger partial charge in [-0.1, -0.05) is 95.1 Å². The summed E-state index contributed by atoms with van der Waals surface area (Å²) in [6.07, 6.45) is 1.07. The van der Waals surface area contributed by atoms with Gasteiger partial charge in [0.25, 0.3) is 0 Å². The molecule has 4 aromatic rings. The van der Waals surface area contributed by atoms with Crippen LogP contribution in [0.2, 0.25) is 10.0 Å². The van der Waals surface area contributed by atoms with Gasteiger partial charge in [-0.15, -0.1) is 10.2 Å². The number of amides is 1. The summed E-state index contributed by atoms with van der Waals surface area (Å²) in [5, 5.41) is 13.5. The number of hydrogen-bond donors (Lipinski definition) is 1. The summed E-state index contributed by atoms with van der Waals surface area (Å²) in [6, 6.07) is 23.6. The van der Waals surface area contributed by atoms with E-state index in [-0.39, 0.29) is 12.5 Å². The first-order valence-corrected chi connectivity index (χ1v) is 12.6. The fraction of sp³-hybridized carbons (Fsp3) is 0.192. The van der Waals surface area contributed by atoms with Crippen molar-refractivity contribution in [2.75, 3.05) is 0 Å². The van der Waals surface area contributed by atoms with E-state index in [0.29, 0.717) is 39.6 Å². The smallest absolute Gasteiger partial charge is 0.220 e. The minimum atomic E-state index is -0.0513. The molecule has 0 fully saturated rings. The molecule has 1 heterocycles. The summed E-state index contributed by atoms with van der Waals surface area (Å²) < 4.78 is 1.87. The second kappa shape index (κ2) is 11.6. The van der Waals surface area contributed by atoms with Gasteiger partial charge >= 0.3 is 0 Å². The Morgan fingerprint density at radius 1 is 0.971 bits per heavy atom. The molecule has 5 nitrogen and oxygen atoms in total. The lowest BCUT2D eigenvalue weighted by Gasteiger charge is -2.13. The van der Waals surface area contributed by atoms with Crippen LogP contribution >= 0.6 is 35.0 Å². The fourth-order valence-electron chi connectivity index (χ4n) is 3.53. The lowest BCUT2D eigenvalue weighted by molar-refractivity contribution is -0.121. The number of halogens is 2. The number of carbonyl (C=O) groups excluding carboxylic acids is 1. The molecule has 0 saturated heterocycles. The van der Waals surface area contributed by atoms with Gasteiger partial charge in [-0.05, 0) is 42.7 Å². The van der Waals surface area contributed by atoms with E-state index < -0.39 is 0 Å². The minimum Gasteiger partial charge on any atom is -0.349 e. The van der Waals surface area contributed by atoms with Crippen LogP contribution in [-0.2, 0) is 23.5 Å². The molecule has 34 heavy (non-hydrogen) atoms. The highest BCUT2D eigenvalue weighted by atomic mass is 35.5. The van der Waals surface area contributed by atoms with Gasteiger partial charge < -0.3 is 5.32 Å². The lowest BCUT2D eigenvalue weighted by atomic mass is 10.1. The van der Waals surface area contributed by atoms with E-state index in [1.807, 2.05) is 41.0 Å². The molecule has 174 valence electrons. The van der Waals surface area contributed by atoms with Crippen molar-refractivity contribution >= 4 is 40.9 Å². The molecule has 0 aliphatic carbocycles. The fourth-order valence-corrected chi connectivity index (χ4v) is 4.80. The van der Waals surface area contributed by atoms with Crippen molar-refractivity contribution < 1.29 is 4.79 Å². The Morgan fingerprint density at radius 2 is 1.76 bits per heavy atom. The molecule has 0 radical (unpaired) electrons. The molecule has 0 aliphatic rings. The van der Waals surface area contributed by atoms with E-state index in [2.05, 4.69) is 40.6 Å². The molecule has 1 aromatic heterocycles. The van der Waals surface area contributed by atoms with Crippen molar-refractivity contribution in [3.05, 3.63) is 105 Å². The molecule has 0 spiro atoms. The number of hydrogen-bond acceptors (Lipinski definition) is 4. The highest BCUT2D eigenvalue weighted by molar-refractivity contribution is 7.98. The molecule has 0 atom stereocenters. The summed E-state index contributed by atoms with van der Waals surface area (Å²) in [5.41, 5.74) is 4.20. The number of nitrogens with zero attached hydrogens (tertiary/aromatic N) is 3. The Balaban J connectivity index is 1.52. The molecule has 0 saturated carbocycles. The third-order valence-electron chi connectivity index (χ3n) is 5.23. The van der Waals surface area contributed by atoms with Crippen LogP contribution < -0.4 is 5.32 Å². The highest BCUT2D eigenvalue weighted by Gasteiger charge is 2.18. The number of rotatable bonds is 9. The third kappa shape index (κ3) is 6.41. The van der Waals surface area contributed by atoms with Gasteiger partial charge in [0, 0.05) is 17.2 Å². The van der Waals surface area contributed by atoms with Crippen molar-refractivity contribution in [2.45, 2.75) is 37.2 Å². The SMILES string of the molecule is Cc1cccc(CSc2nnc(CNC(=O)CCc3ccccc3)n2-c2cc(Cl)ccc2Cl)c1. The van der Waals surface area contributed by atoms with Gasteiger partial charge in [-0.25, -0.2) is 0 Å². The molecular formula is C26H24Cl2N4OS. The van der Waals surface area contributed by atoms with Gasteiger partial charge in [0.15, 0.2) is 11.0 Å². The van der Waals surface area contributed by atoms with Gasteiger partial charge in [0.05, 0.1) is 17.3 Å². The third-order valence-corrected chi connectivity index (χ3v) is 6.78. The Bertz CT molecular complexity index is 1280. The summed E-state index contributed by atoms with van der Waals surface area (Å²) in [5.74, 6) is 1.26. The normalized spacial score (nSPS) is 10.9. The van der Waals surface area contributed by atoms with E-state index in [1.54, 1.807) is 30.0 Å². The Kier molecular flexibility index (Phi) is 8.27.